The van der Waals surface area contributed by atoms with Gasteiger partial charge < -0.3 is 10.2 Å². The second kappa shape index (κ2) is 8.69. The van der Waals surface area contributed by atoms with E-state index in [0.717, 1.165) is 5.69 Å². The minimum atomic E-state index is -3.82. The number of anilines is 1. The first-order valence-corrected chi connectivity index (χ1v) is 13.9. The molecule has 0 aliphatic carbocycles. The number of sulfone groups is 1. The molecule has 0 radical (unpaired) electrons. The molecule has 0 unspecified atom stereocenters. The van der Waals surface area contributed by atoms with Crippen LogP contribution in [0.25, 0.3) is 0 Å². The summed E-state index contributed by atoms with van der Waals surface area (Å²) in [7, 11) is -7.01. The van der Waals surface area contributed by atoms with Crippen molar-refractivity contribution in [3.63, 3.8) is 0 Å². The summed E-state index contributed by atoms with van der Waals surface area (Å²) >= 11 is 0. The van der Waals surface area contributed by atoms with E-state index in [2.05, 4.69) is 5.32 Å². The Bertz CT molecular complexity index is 1260. The fraction of sp³-hybridized carbons (Fsp3) is 0.409. The summed E-state index contributed by atoms with van der Waals surface area (Å²) in [5.41, 5.74) is 0.114. The topological polar surface area (TPSA) is 104 Å². The molecule has 2 aliphatic heterocycles. The molecule has 33 heavy (non-hydrogen) atoms. The number of amides is 1. The first-order chi connectivity index (χ1) is 15.5. The third-order valence-corrected chi connectivity index (χ3v) is 9.88. The quantitative estimate of drug-likeness (QED) is 0.677. The third-order valence-electron chi connectivity index (χ3n) is 6.08. The maximum Gasteiger partial charge on any atom is 0.251 e. The summed E-state index contributed by atoms with van der Waals surface area (Å²) in [5, 5.41) is 2.75. The van der Waals surface area contributed by atoms with Crippen molar-refractivity contribution in [2.24, 2.45) is 0 Å². The molecule has 0 saturated carbocycles. The number of rotatable bonds is 5. The van der Waals surface area contributed by atoms with Crippen LogP contribution in [-0.4, -0.2) is 70.3 Å². The van der Waals surface area contributed by atoms with Gasteiger partial charge in [0.15, 0.2) is 9.84 Å². The smallest absolute Gasteiger partial charge is 0.251 e. The molecular weight excluding hydrogens is 469 g/mol. The predicted molar refractivity (Wildman–Crippen MR) is 123 cm³/mol. The van der Waals surface area contributed by atoms with Crippen LogP contribution in [0.15, 0.2) is 53.4 Å². The molecule has 0 spiro atoms. The number of carbonyl (C=O) groups excluding carboxylic acids is 1. The molecule has 1 atom stereocenters. The lowest BCUT2D eigenvalue weighted by Gasteiger charge is -2.35. The standard InChI is InChI=1S/C22H26FN3O5S2/c1-22(9-14-32(28,29)16-22)24-21(27)17-3-2-4-20(15-17)33(30,31)26-12-10-25(11-13-26)19-7-5-18(23)6-8-19/h2-8,15H,9-14,16H2,1H3,(H,24,27)/t22-/m1/s1. The zero-order valence-corrected chi connectivity index (χ0v) is 19.8. The summed E-state index contributed by atoms with van der Waals surface area (Å²) in [6.07, 6.45) is 0.317. The van der Waals surface area contributed by atoms with Crippen molar-refractivity contribution in [2.45, 2.75) is 23.8 Å². The van der Waals surface area contributed by atoms with Crippen molar-refractivity contribution in [2.75, 3.05) is 42.6 Å². The number of halogens is 1. The number of hydrogen-bond donors (Lipinski definition) is 1. The summed E-state index contributed by atoms with van der Waals surface area (Å²) < 4.78 is 64.5. The van der Waals surface area contributed by atoms with E-state index in [9.17, 15) is 26.0 Å². The highest BCUT2D eigenvalue weighted by atomic mass is 32.2. The Morgan fingerprint density at radius 2 is 1.73 bits per heavy atom. The molecule has 11 heteroatoms. The molecule has 0 aromatic heterocycles. The third kappa shape index (κ3) is 5.20. The van der Waals surface area contributed by atoms with Gasteiger partial charge in [-0.3, -0.25) is 4.79 Å². The normalized spacial score (nSPS) is 23.4. The maximum absolute atomic E-state index is 13.2. The number of hydrogen-bond acceptors (Lipinski definition) is 6. The summed E-state index contributed by atoms with van der Waals surface area (Å²) in [5.74, 6) is -0.954. The average Bonchev–Trinajstić information content (AvgIpc) is 3.06. The van der Waals surface area contributed by atoms with Gasteiger partial charge in [-0.2, -0.15) is 4.31 Å². The van der Waals surface area contributed by atoms with Crippen LogP contribution >= 0.6 is 0 Å². The fourth-order valence-electron chi connectivity index (χ4n) is 4.24. The van der Waals surface area contributed by atoms with Crippen molar-refractivity contribution in [1.82, 2.24) is 9.62 Å². The van der Waals surface area contributed by atoms with Gasteiger partial charge in [-0.15, -0.1) is 0 Å². The van der Waals surface area contributed by atoms with E-state index >= 15 is 0 Å². The molecule has 8 nitrogen and oxygen atoms in total. The molecule has 1 N–H and O–H groups in total. The van der Waals surface area contributed by atoms with Crippen LogP contribution in [0.5, 0.6) is 0 Å². The highest BCUT2D eigenvalue weighted by Gasteiger charge is 2.39. The lowest BCUT2D eigenvalue weighted by Crippen LogP contribution is -2.48. The Balaban J connectivity index is 1.45. The van der Waals surface area contributed by atoms with Gasteiger partial charge in [0.05, 0.1) is 21.9 Å². The molecular formula is C22H26FN3O5S2. The lowest BCUT2D eigenvalue weighted by atomic mass is 10.0. The van der Waals surface area contributed by atoms with Gasteiger partial charge in [0, 0.05) is 37.4 Å². The number of benzene rings is 2. The molecule has 2 aromatic carbocycles. The minimum absolute atomic E-state index is 0.00887. The highest BCUT2D eigenvalue weighted by Crippen LogP contribution is 2.25. The molecule has 178 valence electrons. The Morgan fingerprint density at radius 3 is 2.33 bits per heavy atom. The highest BCUT2D eigenvalue weighted by molar-refractivity contribution is 7.91. The Hall–Kier alpha value is -2.50. The van der Waals surface area contributed by atoms with Gasteiger partial charge in [0.2, 0.25) is 10.0 Å². The van der Waals surface area contributed by atoms with Gasteiger partial charge in [-0.05, 0) is 55.8 Å². The molecule has 2 aromatic rings. The summed E-state index contributed by atoms with van der Waals surface area (Å²) in [4.78, 5) is 14.7. The van der Waals surface area contributed by atoms with Crippen molar-refractivity contribution in [3.8, 4) is 0 Å². The van der Waals surface area contributed by atoms with Crippen molar-refractivity contribution >= 4 is 31.5 Å². The predicted octanol–water partition coefficient (Wildman–Crippen LogP) is 1.64. The van der Waals surface area contributed by atoms with Gasteiger partial charge in [-0.1, -0.05) is 6.07 Å². The van der Waals surface area contributed by atoms with E-state index in [4.69, 9.17) is 0 Å². The summed E-state index contributed by atoms with van der Waals surface area (Å²) in [6, 6.07) is 11.9. The largest absolute Gasteiger partial charge is 0.369 e. The lowest BCUT2D eigenvalue weighted by molar-refractivity contribution is 0.0915. The molecule has 0 bridgehead atoms. The minimum Gasteiger partial charge on any atom is -0.369 e. The Morgan fingerprint density at radius 1 is 1.06 bits per heavy atom. The van der Waals surface area contributed by atoms with Crippen LogP contribution in [0.2, 0.25) is 0 Å². The van der Waals surface area contributed by atoms with Crippen molar-refractivity contribution in [3.05, 3.63) is 59.9 Å². The number of nitrogens with one attached hydrogen (secondary N) is 1. The number of piperazine rings is 1. The number of nitrogens with zero attached hydrogens (tertiary/aromatic N) is 2. The fourth-order valence-corrected chi connectivity index (χ4v) is 7.80. The number of sulfonamides is 1. The SMILES string of the molecule is C[C@@]1(NC(=O)c2cccc(S(=O)(=O)N3CCN(c4ccc(F)cc4)CC3)c2)CCS(=O)(=O)C1. The van der Waals surface area contributed by atoms with Crippen LogP contribution in [0.3, 0.4) is 0 Å². The first-order valence-electron chi connectivity index (χ1n) is 10.6. The van der Waals surface area contributed by atoms with E-state index < -0.39 is 31.3 Å². The van der Waals surface area contributed by atoms with E-state index in [0.29, 0.717) is 19.5 Å². The van der Waals surface area contributed by atoms with E-state index in [1.807, 2.05) is 4.90 Å². The second-order valence-corrected chi connectivity index (χ2v) is 12.9. The van der Waals surface area contributed by atoms with E-state index in [1.54, 1.807) is 19.1 Å². The van der Waals surface area contributed by atoms with Gasteiger partial charge in [0.1, 0.15) is 5.82 Å². The van der Waals surface area contributed by atoms with Crippen molar-refractivity contribution < 1.29 is 26.0 Å². The summed E-state index contributed by atoms with van der Waals surface area (Å²) in [6.45, 7) is 3.10. The number of carbonyl (C=O) groups is 1. The molecule has 2 fully saturated rings. The molecule has 2 saturated heterocycles. The second-order valence-electron chi connectivity index (χ2n) is 8.75. The van der Waals surface area contributed by atoms with E-state index in [-0.39, 0.29) is 40.9 Å². The van der Waals surface area contributed by atoms with Crippen LogP contribution in [0.1, 0.15) is 23.7 Å². The Kier molecular flexibility index (Phi) is 6.23. The zero-order chi connectivity index (χ0) is 23.9. The first kappa shape index (κ1) is 23.7. The molecule has 4 rings (SSSR count). The van der Waals surface area contributed by atoms with Crippen LogP contribution in [0.4, 0.5) is 10.1 Å². The van der Waals surface area contributed by atoms with E-state index in [1.165, 1.54) is 40.7 Å². The Labute approximate surface area is 193 Å². The van der Waals surface area contributed by atoms with Crippen LogP contribution in [-0.2, 0) is 19.9 Å². The molecule has 2 heterocycles. The van der Waals surface area contributed by atoms with Gasteiger partial charge in [0.25, 0.3) is 5.91 Å². The van der Waals surface area contributed by atoms with Gasteiger partial charge in [-0.25, -0.2) is 21.2 Å². The molecule has 1 amide bonds. The molecule has 2 aliphatic rings. The van der Waals surface area contributed by atoms with Crippen LogP contribution in [0, 0.1) is 5.82 Å². The average molecular weight is 496 g/mol. The van der Waals surface area contributed by atoms with Crippen molar-refractivity contribution in [1.29, 1.82) is 0 Å². The zero-order valence-electron chi connectivity index (χ0n) is 18.2. The van der Waals surface area contributed by atoms with Crippen LogP contribution < -0.4 is 10.2 Å². The van der Waals surface area contributed by atoms with Gasteiger partial charge >= 0.3 is 0 Å². The maximum atomic E-state index is 13.2. The monoisotopic (exact) mass is 495 g/mol.